The van der Waals surface area contributed by atoms with Gasteiger partial charge in [0.05, 0.1) is 0 Å². The second-order valence-corrected chi connectivity index (χ2v) is 4.12. The largest absolute Gasteiger partial charge is 0.354 e. The van der Waals surface area contributed by atoms with Crippen molar-refractivity contribution in [3.8, 4) is 0 Å². The van der Waals surface area contributed by atoms with Crippen molar-refractivity contribution in [3.63, 3.8) is 0 Å². The topological polar surface area (TPSA) is 17.0 Å². The third kappa shape index (κ3) is 3.87. The first-order chi connectivity index (χ1) is 6.36. The number of rotatable bonds is 6. The lowest BCUT2D eigenvalue weighted by Gasteiger charge is -2.00. The molecular weight excluding hydrogens is 180 g/mol. The highest BCUT2D eigenvalue weighted by atomic mass is 32.2. The molecule has 0 aliphatic carbocycles. The second-order valence-electron chi connectivity index (χ2n) is 3.13. The first-order valence-corrected chi connectivity index (χ1v) is 6.04. The Morgan fingerprint density at radius 2 is 2.38 bits per heavy atom. The maximum absolute atomic E-state index is 3.15. The van der Waals surface area contributed by atoms with Crippen LogP contribution in [0, 0.1) is 0 Å². The normalized spacial score (nSPS) is 10.6. The third-order valence-corrected chi connectivity index (χ3v) is 2.65. The molecule has 0 saturated carbocycles. The van der Waals surface area contributed by atoms with Crippen LogP contribution >= 0.6 is 11.8 Å². The highest BCUT2D eigenvalue weighted by Crippen LogP contribution is 2.03. The van der Waals surface area contributed by atoms with Crippen molar-refractivity contribution in [3.05, 3.63) is 24.0 Å². The van der Waals surface area contributed by atoms with Crippen LogP contribution in [0.15, 0.2) is 18.5 Å². The van der Waals surface area contributed by atoms with E-state index in [0.717, 1.165) is 13.1 Å². The van der Waals surface area contributed by atoms with E-state index >= 15 is 0 Å². The zero-order valence-corrected chi connectivity index (χ0v) is 9.23. The van der Waals surface area contributed by atoms with Gasteiger partial charge in [-0.05, 0) is 37.1 Å². The molecule has 3 heteroatoms. The summed E-state index contributed by atoms with van der Waals surface area (Å²) < 4.78 is 2.27. The van der Waals surface area contributed by atoms with E-state index in [1.54, 1.807) is 0 Å². The summed E-state index contributed by atoms with van der Waals surface area (Å²) in [5.74, 6) is 1.25. The molecule has 0 spiro atoms. The van der Waals surface area contributed by atoms with E-state index in [9.17, 15) is 0 Å². The van der Waals surface area contributed by atoms with Crippen LogP contribution in [0.25, 0.3) is 0 Å². The van der Waals surface area contributed by atoms with Gasteiger partial charge in [0.15, 0.2) is 0 Å². The third-order valence-electron chi connectivity index (χ3n) is 1.96. The average Bonchev–Trinajstić information content (AvgIpc) is 2.54. The Labute approximate surface area is 84.7 Å². The van der Waals surface area contributed by atoms with Crippen LogP contribution in [0.4, 0.5) is 0 Å². The fourth-order valence-electron chi connectivity index (χ4n) is 1.33. The Morgan fingerprint density at radius 3 is 3.08 bits per heavy atom. The van der Waals surface area contributed by atoms with Gasteiger partial charge in [-0.3, -0.25) is 0 Å². The smallest absolute Gasteiger partial charge is 0.0227 e. The highest BCUT2D eigenvalue weighted by Gasteiger charge is 1.94. The van der Waals surface area contributed by atoms with Gasteiger partial charge >= 0.3 is 0 Å². The molecule has 0 radical (unpaired) electrons. The fourth-order valence-corrected chi connectivity index (χ4v) is 1.75. The molecule has 1 N–H and O–H groups in total. The van der Waals surface area contributed by atoms with E-state index in [4.69, 9.17) is 0 Å². The van der Waals surface area contributed by atoms with E-state index in [2.05, 4.69) is 34.6 Å². The standard InChI is InChI=1S/C10H18N2S/c1-11-8-10-4-6-12(9-10)5-3-7-13-2/h4,6,9,11H,3,5,7-8H2,1-2H3. The number of aromatic nitrogens is 1. The van der Waals surface area contributed by atoms with Gasteiger partial charge < -0.3 is 9.88 Å². The van der Waals surface area contributed by atoms with E-state index in [1.165, 1.54) is 17.7 Å². The second kappa shape index (κ2) is 6.11. The van der Waals surface area contributed by atoms with E-state index in [1.807, 2.05) is 18.8 Å². The summed E-state index contributed by atoms with van der Waals surface area (Å²) in [5.41, 5.74) is 1.37. The Hall–Kier alpha value is -0.410. The van der Waals surface area contributed by atoms with Crippen LogP contribution in [-0.2, 0) is 13.1 Å². The maximum atomic E-state index is 3.15. The van der Waals surface area contributed by atoms with Crippen molar-refractivity contribution in [2.24, 2.45) is 0 Å². The predicted molar refractivity (Wildman–Crippen MR) is 60.2 cm³/mol. The number of nitrogens with zero attached hydrogens (tertiary/aromatic N) is 1. The quantitative estimate of drug-likeness (QED) is 0.704. The number of thioether (sulfide) groups is 1. The first kappa shape index (κ1) is 10.7. The molecule has 0 aliphatic rings. The monoisotopic (exact) mass is 198 g/mol. The van der Waals surface area contributed by atoms with Gasteiger partial charge in [0.2, 0.25) is 0 Å². The lowest BCUT2D eigenvalue weighted by molar-refractivity contribution is 0.684. The first-order valence-electron chi connectivity index (χ1n) is 4.65. The fraction of sp³-hybridized carbons (Fsp3) is 0.600. The average molecular weight is 198 g/mol. The summed E-state index contributed by atoms with van der Waals surface area (Å²) in [5, 5.41) is 3.15. The van der Waals surface area contributed by atoms with Gasteiger partial charge in [-0.1, -0.05) is 0 Å². The molecule has 2 nitrogen and oxygen atoms in total. The lowest BCUT2D eigenvalue weighted by Crippen LogP contribution is -2.04. The molecular formula is C10H18N2S. The SMILES string of the molecule is CNCc1ccn(CCCSC)c1. The van der Waals surface area contributed by atoms with Crippen LogP contribution in [-0.4, -0.2) is 23.6 Å². The van der Waals surface area contributed by atoms with Crippen molar-refractivity contribution in [2.45, 2.75) is 19.5 Å². The van der Waals surface area contributed by atoms with Crippen molar-refractivity contribution < 1.29 is 0 Å². The molecule has 0 fully saturated rings. The van der Waals surface area contributed by atoms with E-state index in [-0.39, 0.29) is 0 Å². The summed E-state index contributed by atoms with van der Waals surface area (Å²) >= 11 is 1.91. The van der Waals surface area contributed by atoms with Gasteiger partial charge in [-0.2, -0.15) is 11.8 Å². The summed E-state index contributed by atoms with van der Waals surface area (Å²) in [4.78, 5) is 0. The highest BCUT2D eigenvalue weighted by molar-refractivity contribution is 7.98. The number of hydrogen-bond donors (Lipinski definition) is 1. The Morgan fingerprint density at radius 1 is 1.54 bits per heavy atom. The van der Waals surface area contributed by atoms with Gasteiger partial charge in [-0.25, -0.2) is 0 Å². The van der Waals surface area contributed by atoms with Crippen LogP contribution < -0.4 is 5.32 Å². The minimum atomic E-state index is 0.968. The summed E-state index contributed by atoms with van der Waals surface area (Å²) in [6.07, 6.45) is 7.79. The Balaban J connectivity index is 2.31. The molecule has 1 aromatic heterocycles. The van der Waals surface area contributed by atoms with Gasteiger partial charge in [0, 0.05) is 25.5 Å². The predicted octanol–water partition coefficient (Wildman–Crippen LogP) is 1.96. The van der Waals surface area contributed by atoms with Crippen molar-refractivity contribution in [1.29, 1.82) is 0 Å². The minimum Gasteiger partial charge on any atom is -0.354 e. The maximum Gasteiger partial charge on any atom is 0.0227 e. The molecule has 0 aliphatic heterocycles. The van der Waals surface area contributed by atoms with Crippen molar-refractivity contribution >= 4 is 11.8 Å². The molecule has 0 atom stereocenters. The number of hydrogen-bond acceptors (Lipinski definition) is 2. The zero-order chi connectivity index (χ0) is 9.52. The minimum absolute atomic E-state index is 0.968. The molecule has 0 unspecified atom stereocenters. The molecule has 13 heavy (non-hydrogen) atoms. The molecule has 0 saturated heterocycles. The van der Waals surface area contributed by atoms with Gasteiger partial charge in [0.25, 0.3) is 0 Å². The molecule has 74 valence electrons. The number of nitrogens with one attached hydrogen (secondary N) is 1. The molecule has 1 rings (SSSR count). The van der Waals surface area contributed by atoms with E-state index in [0.29, 0.717) is 0 Å². The van der Waals surface area contributed by atoms with E-state index < -0.39 is 0 Å². The molecule has 1 heterocycles. The summed E-state index contributed by atoms with van der Waals surface area (Å²) in [6.45, 7) is 2.11. The Kier molecular flexibility index (Phi) is 5.01. The van der Waals surface area contributed by atoms with Crippen LogP contribution in [0.2, 0.25) is 0 Å². The van der Waals surface area contributed by atoms with Crippen LogP contribution in [0.1, 0.15) is 12.0 Å². The summed E-state index contributed by atoms with van der Waals surface area (Å²) in [7, 11) is 1.98. The van der Waals surface area contributed by atoms with Crippen LogP contribution in [0.3, 0.4) is 0 Å². The molecule has 0 aromatic carbocycles. The Bertz CT molecular complexity index is 233. The van der Waals surface area contributed by atoms with Crippen LogP contribution in [0.5, 0.6) is 0 Å². The van der Waals surface area contributed by atoms with Gasteiger partial charge in [-0.15, -0.1) is 0 Å². The molecule has 0 bridgehead atoms. The zero-order valence-electron chi connectivity index (χ0n) is 8.42. The summed E-state index contributed by atoms with van der Waals surface area (Å²) in [6, 6.07) is 2.18. The molecule has 0 amide bonds. The lowest BCUT2D eigenvalue weighted by atomic mass is 10.3. The van der Waals surface area contributed by atoms with Crippen molar-refractivity contribution in [2.75, 3.05) is 19.1 Å². The number of aryl methyl sites for hydroxylation is 1. The molecule has 1 aromatic rings. The van der Waals surface area contributed by atoms with Crippen molar-refractivity contribution in [1.82, 2.24) is 9.88 Å². The van der Waals surface area contributed by atoms with Gasteiger partial charge in [0.1, 0.15) is 0 Å².